The third kappa shape index (κ3) is 2.49. The van der Waals surface area contributed by atoms with E-state index in [1.54, 1.807) is 0 Å². The molecule has 0 aromatic carbocycles. The molecule has 0 bridgehead atoms. The molecule has 1 amide bonds. The van der Waals surface area contributed by atoms with Crippen molar-refractivity contribution in [1.82, 2.24) is 4.90 Å². The molecule has 0 aromatic rings. The van der Waals surface area contributed by atoms with Crippen molar-refractivity contribution >= 4 is 5.91 Å². The second-order valence-electron chi connectivity index (χ2n) is 4.10. The zero-order chi connectivity index (χ0) is 10.6. The molecule has 2 heteroatoms. The van der Waals surface area contributed by atoms with Crippen LogP contribution in [0.5, 0.6) is 0 Å². The first kappa shape index (κ1) is 11.1. The molecule has 0 N–H and O–H groups in total. The van der Waals surface area contributed by atoms with Crippen molar-refractivity contribution in [2.75, 3.05) is 13.1 Å². The first-order chi connectivity index (χ1) is 6.66. The van der Waals surface area contributed by atoms with Gasteiger partial charge >= 0.3 is 0 Å². The van der Waals surface area contributed by atoms with Gasteiger partial charge in [-0.05, 0) is 25.2 Å². The Morgan fingerprint density at radius 2 is 1.86 bits per heavy atom. The molecule has 14 heavy (non-hydrogen) atoms. The summed E-state index contributed by atoms with van der Waals surface area (Å²) < 4.78 is 0. The van der Waals surface area contributed by atoms with Gasteiger partial charge in [0, 0.05) is 13.1 Å². The quantitative estimate of drug-likeness (QED) is 0.487. The van der Waals surface area contributed by atoms with Crippen molar-refractivity contribution in [3.8, 4) is 0 Å². The van der Waals surface area contributed by atoms with Crippen molar-refractivity contribution in [1.29, 1.82) is 0 Å². The predicted molar refractivity (Wildman–Crippen MR) is 57.9 cm³/mol. The lowest BCUT2D eigenvalue weighted by molar-refractivity contribution is -0.128. The summed E-state index contributed by atoms with van der Waals surface area (Å²) in [5.41, 5.74) is 3.50. The van der Waals surface area contributed by atoms with E-state index in [2.05, 4.69) is 12.3 Å². The highest BCUT2D eigenvalue weighted by Crippen LogP contribution is 2.16. The van der Waals surface area contributed by atoms with E-state index in [4.69, 9.17) is 0 Å². The Bertz CT molecular complexity index is 255. The van der Waals surface area contributed by atoms with Crippen molar-refractivity contribution in [3.63, 3.8) is 0 Å². The SMILES string of the molecule is C=C=C(C(=O)N1CCCCC1)C(C)C. The summed E-state index contributed by atoms with van der Waals surface area (Å²) >= 11 is 0. The van der Waals surface area contributed by atoms with Crippen LogP contribution in [0.25, 0.3) is 0 Å². The molecule has 0 radical (unpaired) electrons. The lowest BCUT2D eigenvalue weighted by Crippen LogP contribution is -2.37. The Morgan fingerprint density at radius 1 is 1.29 bits per heavy atom. The monoisotopic (exact) mass is 193 g/mol. The molecule has 1 fully saturated rings. The fourth-order valence-corrected chi connectivity index (χ4v) is 1.79. The Morgan fingerprint density at radius 3 is 2.29 bits per heavy atom. The number of likely N-dealkylation sites (tertiary alicyclic amines) is 1. The minimum Gasteiger partial charge on any atom is -0.338 e. The molecule has 0 spiro atoms. The maximum absolute atomic E-state index is 12.0. The van der Waals surface area contributed by atoms with Gasteiger partial charge in [0.05, 0.1) is 5.57 Å². The smallest absolute Gasteiger partial charge is 0.257 e. The summed E-state index contributed by atoms with van der Waals surface area (Å²) in [5, 5.41) is 0. The molecule has 0 aromatic heterocycles. The van der Waals surface area contributed by atoms with Crippen LogP contribution < -0.4 is 0 Å². The van der Waals surface area contributed by atoms with Crippen LogP contribution in [0.1, 0.15) is 33.1 Å². The highest BCUT2D eigenvalue weighted by atomic mass is 16.2. The zero-order valence-electron chi connectivity index (χ0n) is 9.18. The molecule has 0 aliphatic carbocycles. The van der Waals surface area contributed by atoms with Crippen LogP contribution in [-0.4, -0.2) is 23.9 Å². The summed E-state index contributed by atoms with van der Waals surface area (Å²) in [6.07, 6.45) is 3.51. The third-order valence-electron chi connectivity index (χ3n) is 2.64. The zero-order valence-corrected chi connectivity index (χ0v) is 9.18. The van der Waals surface area contributed by atoms with Gasteiger partial charge in [0.1, 0.15) is 0 Å². The van der Waals surface area contributed by atoms with Crippen LogP contribution >= 0.6 is 0 Å². The van der Waals surface area contributed by atoms with Crippen LogP contribution in [0.3, 0.4) is 0 Å². The third-order valence-corrected chi connectivity index (χ3v) is 2.64. The van der Waals surface area contributed by atoms with Gasteiger partial charge in [-0.1, -0.05) is 20.4 Å². The molecular weight excluding hydrogens is 174 g/mol. The second-order valence-corrected chi connectivity index (χ2v) is 4.10. The summed E-state index contributed by atoms with van der Waals surface area (Å²) in [6, 6.07) is 0. The van der Waals surface area contributed by atoms with E-state index in [1.165, 1.54) is 6.42 Å². The van der Waals surface area contributed by atoms with Gasteiger partial charge in [-0.15, -0.1) is 5.73 Å². The first-order valence-corrected chi connectivity index (χ1v) is 5.36. The van der Waals surface area contributed by atoms with Crippen LogP contribution in [-0.2, 0) is 4.79 Å². The molecule has 0 saturated carbocycles. The molecule has 1 aliphatic heterocycles. The largest absolute Gasteiger partial charge is 0.338 e. The molecule has 78 valence electrons. The van der Waals surface area contributed by atoms with Crippen LogP contribution in [0.15, 0.2) is 17.9 Å². The Hall–Kier alpha value is -1.01. The molecule has 0 unspecified atom stereocenters. The van der Waals surface area contributed by atoms with Gasteiger partial charge < -0.3 is 4.90 Å². The summed E-state index contributed by atoms with van der Waals surface area (Å²) in [4.78, 5) is 13.9. The Kier molecular flexibility index (Phi) is 3.97. The lowest BCUT2D eigenvalue weighted by atomic mass is 10.0. The van der Waals surface area contributed by atoms with Crippen molar-refractivity contribution in [2.45, 2.75) is 33.1 Å². The van der Waals surface area contributed by atoms with Gasteiger partial charge in [0.15, 0.2) is 0 Å². The minimum absolute atomic E-state index is 0.134. The number of carbonyl (C=O) groups is 1. The number of piperidine rings is 1. The average molecular weight is 193 g/mol. The van der Waals surface area contributed by atoms with E-state index in [1.807, 2.05) is 18.7 Å². The molecule has 1 rings (SSSR count). The van der Waals surface area contributed by atoms with E-state index >= 15 is 0 Å². The van der Waals surface area contributed by atoms with Crippen LogP contribution in [0.2, 0.25) is 0 Å². The van der Waals surface area contributed by atoms with Gasteiger partial charge in [-0.3, -0.25) is 4.79 Å². The highest BCUT2D eigenvalue weighted by molar-refractivity contribution is 5.93. The van der Waals surface area contributed by atoms with Crippen molar-refractivity contribution in [3.05, 3.63) is 17.9 Å². The Balaban J connectivity index is 2.67. The van der Waals surface area contributed by atoms with E-state index in [0.717, 1.165) is 31.5 Å². The number of carbonyl (C=O) groups excluding carboxylic acids is 1. The van der Waals surface area contributed by atoms with Gasteiger partial charge in [0.25, 0.3) is 5.91 Å². The molecular formula is C12H19NO. The second kappa shape index (κ2) is 5.02. The molecule has 1 saturated heterocycles. The summed E-state index contributed by atoms with van der Waals surface area (Å²) in [7, 11) is 0. The number of hydrogen-bond acceptors (Lipinski definition) is 1. The molecule has 2 nitrogen and oxygen atoms in total. The molecule has 1 heterocycles. The van der Waals surface area contributed by atoms with E-state index in [9.17, 15) is 4.79 Å². The maximum atomic E-state index is 12.0. The fraction of sp³-hybridized carbons (Fsp3) is 0.667. The molecule has 1 aliphatic rings. The van der Waals surface area contributed by atoms with E-state index in [0.29, 0.717) is 0 Å². The fourth-order valence-electron chi connectivity index (χ4n) is 1.79. The first-order valence-electron chi connectivity index (χ1n) is 5.36. The van der Waals surface area contributed by atoms with E-state index in [-0.39, 0.29) is 11.8 Å². The van der Waals surface area contributed by atoms with Crippen LogP contribution in [0.4, 0.5) is 0 Å². The summed E-state index contributed by atoms with van der Waals surface area (Å²) in [6.45, 7) is 9.41. The minimum atomic E-state index is 0.134. The number of rotatable bonds is 2. The predicted octanol–water partition coefficient (Wildman–Crippen LogP) is 2.37. The average Bonchev–Trinajstić information content (AvgIpc) is 2.19. The standard InChI is InChI=1S/C12H19NO/c1-4-11(10(2)3)12(14)13-8-6-5-7-9-13/h10H,1,5-9H2,2-3H3. The maximum Gasteiger partial charge on any atom is 0.257 e. The lowest BCUT2D eigenvalue weighted by Gasteiger charge is -2.27. The van der Waals surface area contributed by atoms with Gasteiger partial charge in [-0.2, -0.15) is 0 Å². The van der Waals surface area contributed by atoms with Crippen LogP contribution in [0, 0.1) is 5.92 Å². The van der Waals surface area contributed by atoms with Crippen molar-refractivity contribution in [2.24, 2.45) is 5.92 Å². The van der Waals surface area contributed by atoms with Gasteiger partial charge in [0.2, 0.25) is 0 Å². The molecule has 0 atom stereocenters. The van der Waals surface area contributed by atoms with E-state index < -0.39 is 0 Å². The Labute approximate surface area is 86.3 Å². The summed E-state index contributed by atoms with van der Waals surface area (Å²) in [5.74, 6) is 0.358. The number of nitrogens with zero attached hydrogens (tertiary/aromatic N) is 1. The van der Waals surface area contributed by atoms with Crippen molar-refractivity contribution < 1.29 is 4.79 Å². The number of amides is 1. The van der Waals surface area contributed by atoms with Gasteiger partial charge in [-0.25, -0.2) is 0 Å². The normalized spacial score (nSPS) is 16.6. The number of hydrogen-bond donors (Lipinski definition) is 0. The highest BCUT2D eigenvalue weighted by Gasteiger charge is 2.21. The topological polar surface area (TPSA) is 20.3 Å².